The van der Waals surface area contributed by atoms with Crippen LogP contribution in [0.4, 0.5) is 10.5 Å². The maximum atomic E-state index is 11.3. The number of aliphatic hydroxyl groups excluding tert-OH is 1. The van der Waals surface area contributed by atoms with Gasteiger partial charge in [0.05, 0.1) is 11.0 Å². The molecule has 0 aliphatic rings. The number of hydrogen-bond acceptors (Lipinski definition) is 6. The number of imide groups is 1. The highest BCUT2D eigenvalue weighted by Crippen LogP contribution is 2.37. The summed E-state index contributed by atoms with van der Waals surface area (Å²) in [5, 5.41) is 22.4. The molecule has 114 valence electrons. The standard InChI is InChI=1S/C11H12BrN3O6/c1-5(16)7-2-6(12)3-8(15(19)20)10(7)21-4-9(17)14-11(13)18/h2-3,5,16H,4H2,1H3,(H3,13,14,17,18)/t5-/m1/s1. The molecule has 0 aromatic heterocycles. The van der Waals surface area contributed by atoms with Crippen molar-refractivity contribution in [3.8, 4) is 5.75 Å². The highest BCUT2D eigenvalue weighted by molar-refractivity contribution is 9.10. The number of nitro benzene ring substituents is 1. The van der Waals surface area contributed by atoms with Gasteiger partial charge in [-0.05, 0) is 13.0 Å². The molecule has 1 rings (SSSR count). The van der Waals surface area contributed by atoms with E-state index in [2.05, 4.69) is 15.9 Å². The van der Waals surface area contributed by atoms with E-state index in [9.17, 15) is 24.8 Å². The fraction of sp³-hybridized carbons (Fsp3) is 0.273. The minimum absolute atomic E-state index is 0.128. The number of carbonyl (C=O) groups is 2. The van der Waals surface area contributed by atoms with E-state index < -0.39 is 35.3 Å². The third-order valence-corrected chi connectivity index (χ3v) is 2.78. The Morgan fingerprint density at radius 1 is 1.57 bits per heavy atom. The van der Waals surface area contributed by atoms with Gasteiger partial charge in [0.25, 0.3) is 5.91 Å². The number of benzene rings is 1. The van der Waals surface area contributed by atoms with Crippen LogP contribution in [0.2, 0.25) is 0 Å². The number of nitrogens with one attached hydrogen (secondary N) is 1. The number of ether oxygens (including phenoxy) is 1. The number of nitro groups is 1. The Hall–Kier alpha value is -2.20. The number of hydrogen-bond donors (Lipinski definition) is 3. The van der Waals surface area contributed by atoms with E-state index in [1.165, 1.54) is 19.1 Å². The lowest BCUT2D eigenvalue weighted by Crippen LogP contribution is -2.38. The van der Waals surface area contributed by atoms with Crippen LogP contribution >= 0.6 is 15.9 Å². The molecule has 3 amide bonds. The van der Waals surface area contributed by atoms with Crippen LogP contribution in [0.15, 0.2) is 16.6 Å². The summed E-state index contributed by atoms with van der Waals surface area (Å²) in [6.45, 7) is 0.729. The highest BCUT2D eigenvalue weighted by atomic mass is 79.9. The first-order chi connectivity index (χ1) is 9.72. The molecule has 21 heavy (non-hydrogen) atoms. The van der Waals surface area contributed by atoms with Gasteiger partial charge in [-0.1, -0.05) is 15.9 Å². The number of nitrogens with two attached hydrogens (primary N) is 1. The molecule has 0 aliphatic heterocycles. The summed E-state index contributed by atoms with van der Waals surface area (Å²) in [5.74, 6) is -1.12. The van der Waals surface area contributed by atoms with Gasteiger partial charge >= 0.3 is 11.7 Å². The summed E-state index contributed by atoms with van der Waals surface area (Å²) < 4.78 is 5.44. The molecule has 0 unspecified atom stereocenters. The summed E-state index contributed by atoms with van der Waals surface area (Å²) in [7, 11) is 0. The summed E-state index contributed by atoms with van der Waals surface area (Å²) in [4.78, 5) is 32.1. The lowest BCUT2D eigenvalue weighted by atomic mass is 10.1. The molecule has 10 heteroatoms. The number of carbonyl (C=O) groups excluding carboxylic acids is 2. The fourth-order valence-corrected chi connectivity index (χ4v) is 1.98. The van der Waals surface area contributed by atoms with Crippen LogP contribution in [0.25, 0.3) is 0 Å². The minimum Gasteiger partial charge on any atom is -0.476 e. The average Bonchev–Trinajstić information content (AvgIpc) is 2.35. The van der Waals surface area contributed by atoms with Crippen molar-refractivity contribution >= 4 is 33.6 Å². The molecular formula is C11H12BrN3O6. The molecule has 0 saturated heterocycles. The number of amides is 3. The molecule has 1 aromatic carbocycles. The van der Waals surface area contributed by atoms with E-state index >= 15 is 0 Å². The normalized spacial score (nSPS) is 11.6. The van der Waals surface area contributed by atoms with Gasteiger partial charge in [0.2, 0.25) is 5.75 Å². The third kappa shape index (κ3) is 4.68. The van der Waals surface area contributed by atoms with Crippen molar-refractivity contribution in [2.24, 2.45) is 5.73 Å². The van der Waals surface area contributed by atoms with Gasteiger partial charge in [0.1, 0.15) is 0 Å². The van der Waals surface area contributed by atoms with Crippen LogP contribution in [0, 0.1) is 10.1 Å². The van der Waals surface area contributed by atoms with Crippen molar-refractivity contribution in [3.63, 3.8) is 0 Å². The zero-order valence-electron chi connectivity index (χ0n) is 10.8. The third-order valence-electron chi connectivity index (χ3n) is 2.32. The summed E-state index contributed by atoms with van der Waals surface area (Å²) in [6.07, 6.45) is -1.06. The number of nitrogens with zero attached hydrogens (tertiary/aromatic N) is 1. The van der Waals surface area contributed by atoms with Gasteiger partial charge in [-0.3, -0.25) is 20.2 Å². The SMILES string of the molecule is C[C@@H](O)c1cc(Br)cc([N+](=O)[O-])c1OCC(=O)NC(N)=O. The van der Waals surface area contributed by atoms with Crippen LogP contribution < -0.4 is 15.8 Å². The molecule has 0 fully saturated rings. The lowest BCUT2D eigenvalue weighted by molar-refractivity contribution is -0.386. The van der Waals surface area contributed by atoms with Crippen molar-refractivity contribution in [1.29, 1.82) is 0 Å². The van der Waals surface area contributed by atoms with Crippen molar-refractivity contribution < 1.29 is 24.4 Å². The Morgan fingerprint density at radius 2 is 2.19 bits per heavy atom. The molecule has 0 heterocycles. The smallest absolute Gasteiger partial charge is 0.318 e. The number of halogens is 1. The van der Waals surface area contributed by atoms with Gasteiger partial charge in [0, 0.05) is 16.1 Å². The summed E-state index contributed by atoms with van der Waals surface area (Å²) in [5.41, 5.74) is 4.46. The first-order valence-corrected chi connectivity index (χ1v) is 6.39. The number of rotatable bonds is 5. The van der Waals surface area contributed by atoms with Crippen LogP contribution in [-0.4, -0.2) is 28.6 Å². The molecule has 1 aromatic rings. The molecule has 1 atom stereocenters. The van der Waals surface area contributed by atoms with E-state index in [1.807, 2.05) is 0 Å². The topological polar surface area (TPSA) is 145 Å². The second-order valence-corrected chi connectivity index (χ2v) is 4.89. The number of urea groups is 1. The minimum atomic E-state index is -1.07. The highest BCUT2D eigenvalue weighted by Gasteiger charge is 2.24. The molecule has 0 spiro atoms. The van der Waals surface area contributed by atoms with Crippen molar-refractivity contribution in [2.45, 2.75) is 13.0 Å². The van der Waals surface area contributed by atoms with Crippen LogP contribution in [0.1, 0.15) is 18.6 Å². The van der Waals surface area contributed by atoms with Crippen LogP contribution in [0.3, 0.4) is 0 Å². The number of primary amides is 1. The van der Waals surface area contributed by atoms with E-state index in [0.29, 0.717) is 4.47 Å². The molecule has 9 nitrogen and oxygen atoms in total. The largest absolute Gasteiger partial charge is 0.476 e. The molecule has 0 aliphatic carbocycles. The molecule has 4 N–H and O–H groups in total. The Balaban J connectivity index is 3.11. The predicted molar refractivity (Wildman–Crippen MR) is 74.7 cm³/mol. The quantitative estimate of drug-likeness (QED) is 0.526. The van der Waals surface area contributed by atoms with Crippen molar-refractivity contribution in [2.75, 3.05) is 6.61 Å². The van der Waals surface area contributed by atoms with Gasteiger partial charge in [-0.2, -0.15) is 0 Å². The van der Waals surface area contributed by atoms with E-state index in [4.69, 9.17) is 10.5 Å². The Bertz CT molecular complexity index is 590. The van der Waals surface area contributed by atoms with Crippen molar-refractivity contribution in [1.82, 2.24) is 5.32 Å². The fourth-order valence-electron chi connectivity index (χ4n) is 1.51. The van der Waals surface area contributed by atoms with E-state index in [0.717, 1.165) is 0 Å². The molecule has 0 radical (unpaired) electrons. The van der Waals surface area contributed by atoms with Crippen molar-refractivity contribution in [3.05, 3.63) is 32.3 Å². The second kappa shape index (κ2) is 6.99. The van der Waals surface area contributed by atoms with E-state index in [1.54, 1.807) is 5.32 Å². The monoisotopic (exact) mass is 361 g/mol. The molecule has 0 bridgehead atoms. The van der Waals surface area contributed by atoms with Crippen LogP contribution in [0.5, 0.6) is 5.75 Å². The summed E-state index contributed by atoms with van der Waals surface area (Å²) >= 11 is 3.08. The molecular weight excluding hydrogens is 350 g/mol. The molecule has 0 saturated carbocycles. The summed E-state index contributed by atoms with van der Waals surface area (Å²) in [6, 6.07) is 1.54. The maximum absolute atomic E-state index is 11.3. The Kier molecular flexibility index (Phi) is 5.61. The van der Waals surface area contributed by atoms with E-state index in [-0.39, 0.29) is 11.3 Å². The average molecular weight is 362 g/mol. The zero-order chi connectivity index (χ0) is 16.2. The van der Waals surface area contributed by atoms with Gasteiger partial charge in [0.15, 0.2) is 6.61 Å². The van der Waals surface area contributed by atoms with Crippen LogP contribution in [-0.2, 0) is 4.79 Å². The first kappa shape index (κ1) is 16.9. The second-order valence-electron chi connectivity index (χ2n) is 3.98. The number of aliphatic hydroxyl groups is 1. The Labute approximate surface area is 127 Å². The lowest BCUT2D eigenvalue weighted by Gasteiger charge is -2.13. The predicted octanol–water partition coefficient (Wildman–Crippen LogP) is 0.984. The van der Waals surface area contributed by atoms with Gasteiger partial charge in [-0.25, -0.2) is 4.79 Å². The van der Waals surface area contributed by atoms with Gasteiger partial charge < -0.3 is 15.6 Å². The zero-order valence-corrected chi connectivity index (χ0v) is 12.4. The first-order valence-electron chi connectivity index (χ1n) is 5.60. The van der Waals surface area contributed by atoms with Gasteiger partial charge in [-0.15, -0.1) is 0 Å². The Morgan fingerprint density at radius 3 is 2.67 bits per heavy atom. The maximum Gasteiger partial charge on any atom is 0.318 e.